The number of hydrogen-bond donors (Lipinski definition) is 2. The molecular weight excluding hydrogens is 412 g/mol. The number of carbonyl (C=O) groups is 3. The van der Waals surface area contributed by atoms with Crippen LogP contribution in [0.25, 0.3) is 0 Å². The second-order valence-electron chi connectivity index (χ2n) is 8.34. The van der Waals surface area contributed by atoms with Crippen LogP contribution in [0.1, 0.15) is 110 Å². The minimum atomic E-state index is -1.27. The summed E-state index contributed by atoms with van der Waals surface area (Å²) in [6.07, 6.45) is 19.5. The molecule has 0 aromatic rings. The lowest BCUT2D eigenvalue weighted by Gasteiger charge is -2.11. The Balaban J connectivity index is 3.40. The molecular formula is C25H44O7. The fraction of sp³-hybridized carbons (Fsp3) is 0.800. The van der Waals surface area contributed by atoms with E-state index in [4.69, 9.17) is 9.84 Å². The molecule has 0 spiro atoms. The van der Waals surface area contributed by atoms with E-state index in [1.807, 2.05) is 0 Å². The summed E-state index contributed by atoms with van der Waals surface area (Å²) in [5, 5.41) is 18.0. The van der Waals surface area contributed by atoms with Gasteiger partial charge in [-0.25, -0.2) is 9.59 Å². The van der Waals surface area contributed by atoms with E-state index in [1.165, 1.54) is 77.0 Å². The van der Waals surface area contributed by atoms with E-state index >= 15 is 0 Å². The number of carbonyl (C=O) groups excluding carboxylic acids is 2. The van der Waals surface area contributed by atoms with Crippen LogP contribution in [0, 0.1) is 0 Å². The highest BCUT2D eigenvalue weighted by Crippen LogP contribution is 2.13. The molecule has 0 radical (unpaired) electrons. The summed E-state index contributed by atoms with van der Waals surface area (Å²) in [7, 11) is 0. The molecule has 32 heavy (non-hydrogen) atoms. The molecule has 0 bridgehead atoms. The van der Waals surface area contributed by atoms with Crippen LogP contribution in [0.5, 0.6) is 0 Å². The Morgan fingerprint density at radius 1 is 0.688 bits per heavy atom. The number of esters is 2. The summed E-state index contributed by atoms with van der Waals surface area (Å²) in [5.74, 6) is -2.53. The van der Waals surface area contributed by atoms with Gasteiger partial charge in [0.25, 0.3) is 0 Å². The molecule has 0 saturated carbocycles. The van der Waals surface area contributed by atoms with Crippen molar-refractivity contribution in [2.45, 2.75) is 116 Å². The van der Waals surface area contributed by atoms with Crippen LogP contribution < -0.4 is 0 Å². The summed E-state index contributed by atoms with van der Waals surface area (Å²) in [4.78, 5) is 33.1. The summed E-state index contributed by atoms with van der Waals surface area (Å²) >= 11 is 0. The van der Waals surface area contributed by atoms with Gasteiger partial charge in [0.15, 0.2) is 0 Å². The quantitative estimate of drug-likeness (QED) is 0.129. The number of carboxylic acid groups (broad SMARTS) is 1. The van der Waals surface area contributed by atoms with Crippen LogP contribution in [0.4, 0.5) is 0 Å². The zero-order valence-electron chi connectivity index (χ0n) is 19.9. The number of hydrogen-bond acceptors (Lipinski definition) is 6. The van der Waals surface area contributed by atoms with Gasteiger partial charge in [-0.15, -0.1) is 0 Å². The number of carboxylic acids is 1. The Morgan fingerprint density at radius 2 is 1.12 bits per heavy atom. The number of aliphatic carboxylic acids is 1. The molecule has 186 valence electrons. The highest BCUT2D eigenvalue weighted by Gasteiger charge is 2.11. The van der Waals surface area contributed by atoms with Crippen molar-refractivity contribution in [1.82, 2.24) is 0 Å². The van der Waals surface area contributed by atoms with Crippen LogP contribution in [-0.2, 0) is 23.9 Å². The van der Waals surface area contributed by atoms with Crippen molar-refractivity contribution in [3.63, 3.8) is 0 Å². The largest absolute Gasteiger partial charge is 0.478 e. The van der Waals surface area contributed by atoms with Crippen molar-refractivity contribution in [1.29, 1.82) is 0 Å². The smallest absolute Gasteiger partial charge is 0.331 e. The van der Waals surface area contributed by atoms with E-state index in [9.17, 15) is 19.5 Å². The Labute approximate surface area is 193 Å². The standard InChI is InChI=1S/C25H44O7/c1-2-3-4-5-6-7-8-9-10-11-12-13-14-15-16-17-24(29)31-20-22(26)21-32-25(30)19-18-23(27)28/h18-19,22,26H,2-17,20-21H2,1H3,(H,27,28)/b19-18-. The molecule has 7 heteroatoms. The van der Waals surface area contributed by atoms with E-state index in [1.54, 1.807) is 0 Å². The predicted molar refractivity (Wildman–Crippen MR) is 124 cm³/mol. The SMILES string of the molecule is CCCCCCCCCCCCCCCCCC(=O)OCC(O)COC(=O)/C=C\C(=O)O. The lowest BCUT2D eigenvalue weighted by Crippen LogP contribution is -2.25. The molecule has 0 aromatic heterocycles. The van der Waals surface area contributed by atoms with Crippen LogP contribution in [0.15, 0.2) is 12.2 Å². The third-order valence-electron chi connectivity index (χ3n) is 5.20. The van der Waals surface area contributed by atoms with Gasteiger partial charge in [-0.3, -0.25) is 4.79 Å². The van der Waals surface area contributed by atoms with Gasteiger partial charge in [0, 0.05) is 18.6 Å². The first-order chi connectivity index (χ1) is 15.5. The second kappa shape index (κ2) is 22.3. The topological polar surface area (TPSA) is 110 Å². The Morgan fingerprint density at radius 3 is 1.59 bits per heavy atom. The molecule has 2 N–H and O–H groups in total. The zero-order valence-corrected chi connectivity index (χ0v) is 19.9. The fourth-order valence-corrected chi connectivity index (χ4v) is 3.32. The molecule has 0 fully saturated rings. The molecule has 0 amide bonds. The second-order valence-corrected chi connectivity index (χ2v) is 8.34. The normalized spacial score (nSPS) is 12.1. The molecule has 0 aliphatic carbocycles. The van der Waals surface area contributed by atoms with Crippen molar-refractivity contribution in [3.05, 3.63) is 12.2 Å². The lowest BCUT2D eigenvalue weighted by molar-refractivity contribution is -0.150. The van der Waals surface area contributed by atoms with Gasteiger partial charge in [0.05, 0.1) is 0 Å². The summed E-state index contributed by atoms with van der Waals surface area (Å²) in [6.45, 7) is 1.63. The average molecular weight is 457 g/mol. The molecule has 1 atom stereocenters. The van der Waals surface area contributed by atoms with E-state index in [-0.39, 0.29) is 19.2 Å². The maximum Gasteiger partial charge on any atom is 0.331 e. The Bertz CT molecular complexity index is 516. The van der Waals surface area contributed by atoms with Gasteiger partial charge in [-0.2, -0.15) is 0 Å². The first-order valence-electron chi connectivity index (χ1n) is 12.4. The third-order valence-corrected chi connectivity index (χ3v) is 5.20. The number of ether oxygens (including phenoxy) is 2. The van der Waals surface area contributed by atoms with E-state index in [0.29, 0.717) is 12.5 Å². The fourth-order valence-electron chi connectivity index (χ4n) is 3.32. The summed E-state index contributed by atoms with van der Waals surface area (Å²) < 4.78 is 9.61. The van der Waals surface area contributed by atoms with Crippen LogP contribution in [0.3, 0.4) is 0 Å². The molecule has 0 aliphatic heterocycles. The van der Waals surface area contributed by atoms with Crippen LogP contribution in [-0.4, -0.2) is 47.4 Å². The third kappa shape index (κ3) is 22.8. The van der Waals surface area contributed by atoms with Crippen molar-refractivity contribution in [2.24, 2.45) is 0 Å². The van der Waals surface area contributed by atoms with Gasteiger partial charge in [-0.05, 0) is 6.42 Å². The van der Waals surface area contributed by atoms with Crippen molar-refractivity contribution in [3.8, 4) is 0 Å². The molecule has 1 unspecified atom stereocenters. The molecule has 0 saturated heterocycles. The van der Waals surface area contributed by atoms with E-state index in [0.717, 1.165) is 25.3 Å². The maximum absolute atomic E-state index is 11.7. The highest BCUT2D eigenvalue weighted by molar-refractivity contribution is 5.90. The minimum Gasteiger partial charge on any atom is -0.478 e. The number of aliphatic hydroxyl groups excluding tert-OH is 1. The van der Waals surface area contributed by atoms with Crippen LogP contribution >= 0.6 is 0 Å². The maximum atomic E-state index is 11.7. The summed E-state index contributed by atoms with van der Waals surface area (Å²) in [5.41, 5.74) is 0. The average Bonchev–Trinajstić information content (AvgIpc) is 2.77. The van der Waals surface area contributed by atoms with E-state index in [2.05, 4.69) is 11.7 Å². The first kappa shape index (κ1) is 30.1. The number of aliphatic hydroxyl groups is 1. The van der Waals surface area contributed by atoms with E-state index < -0.39 is 18.0 Å². The van der Waals surface area contributed by atoms with Crippen molar-refractivity contribution >= 4 is 17.9 Å². The van der Waals surface area contributed by atoms with Gasteiger partial charge >= 0.3 is 17.9 Å². The minimum absolute atomic E-state index is 0.256. The highest BCUT2D eigenvalue weighted by atomic mass is 16.6. The zero-order chi connectivity index (χ0) is 23.9. The van der Waals surface area contributed by atoms with Crippen molar-refractivity contribution in [2.75, 3.05) is 13.2 Å². The number of unbranched alkanes of at least 4 members (excludes halogenated alkanes) is 14. The molecule has 0 heterocycles. The lowest BCUT2D eigenvalue weighted by atomic mass is 10.0. The van der Waals surface area contributed by atoms with Crippen molar-refractivity contribution < 1.29 is 34.1 Å². The molecule has 0 rings (SSSR count). The number of rotatable bonds is 22. The Kier molecular flexibility index (Phi) is 21.0. The Hall–Kier alpha value is -1.89. The summed E-state index contributed by atoms with van der Waals surface area (Å²) in [6, 6.07) is 0. The van der Waals surface area contributed by atoms with Gasteiger partial charge in [0.1, 0.15) is 19.3 Å². The molecule has 0 aliphatic rings. The van der Waals surface area contributed by atoms with Gasteiger partial charge < -0.3 is 19.7 Å². The van der Waals surface area contributed by atoms with Gasteiger partial charge in [0.2, 0.25) is 0 Å². The molecule has 7 nitrogen and oxygen atoms in total. The first-order valence-corrected chi connectivity index (χ1v) is 12.4. The van der Waals surface area contributed by atoms with Gasteiger partial charge in [-0.1, -0.05) is 96.8 Å². The monoisotopic (exact) mass is 456 g/mol. The molecule has 0 aromatic carbocycles. The predicted octanol–water partition coefficient (Wildman–Crippen LogP) is 5.34. The van der Waals surface area contributed by atoms with Crippen LogP contribution in [0.2, 0.25) is 0 Å².